The highest BCUT2D eigenvalue weighted by Crippen LogP contribution is 2.29. The summed E-state index contributed by atoms with van der Waals surface area (Å²) in [5.74, 6) is -1.36. The summed E-state index contributed by atoms with van der Waals surface area (Å²) in [6, 6.07) is 10.2. The Morgan fingerprint density at radius 1 is 1.20 bits per heavy atom. The first-order valence-electron chi connectivity index (χ1n) is 11.2. The van der Waals surface area contributed by atoms with Gasteiger partial charge in [-0.3, -0.25) is 29.5 Å². The van der Waals surface area contributed by atoms with Crippen LogP contribution in [-0.4, -0.2) is 66.5 Å². The van der Waals surface area contributed by atoms with Gasteiger partial charge in [-0.25, -0.2) is 4.68 Å². The third-order valence-electron chi connectivity index (χ3n) is 6.18. The third kappa shape index (κ3) is 4.27. The van der Waals surface area contributed by atoms with Gasteiger partial charge in [0.2, 0.25) is 11.8 Å². The fourth-order valence-corrected chi connectivity index (χ4v) is 4.37. The van der Waals surface area contributed by atoms with Crippen LogP contribution < -0.4 is 5.32 Å². The van der Waals surface area contributed by atoms with Crippen molar-refractivity contribution >= 4 is 23.6 Å². The number of carbonyl (C=O) groups is 4. The molecule has 2 aromatic heterocycles. The highest BCUT2D eigenvalue weighted by atomic mass is 16.2. The highest BCUT2D eigenvalue weighted by Gasteiger charge is 2.39. The van der Waals surface area contributed by atoms with Crippen LogP contribution in [-0.2, 0) is 22.7 Å². The molecule has 1 unspecified atom stereocenters. The number of nitrogens with one attached hydrogen (secondary N) is 1. The fraction of sp³-hybridized carbons (Fsp3) is 0.292. The van der Waals surface area contributed by atoms with Crippen molar-refractivity contribution in [1.29, 1.82) is 0 Å². The lowest BCUT2D eigenvalue weighted by atomic mass is 10.0. The van der Waals surface area contributed by atoms with Gasteiger partial charge in [-0.2, -0.15) is 0 Å². The third-order valence-corrected chi connectivity index (χ3v) is 6.18. The smallest absolute Gasteiger partial charge is 0.276 e. The maximum atomic E-state index is 13.1. The topological polar surface area (TPSA) is 130 Å². The van der Waals surface area contributed by atoms with Gasteiger partial charge in [0.15, 0.2) is 5.69 Å². The van der Waals surface area contributed by atoms with Gasteiger partial charge >= 0.3 is 0 Å². The van der Waals surface area contributed by atoms with E-state index in [1.54, 1.807) is 25.2 Å². The number of pyridine rings is 1. The summed E-state index contributed by atoms with van der Waals surface area (Å²) < 4.78 is 1.44. The van der Waals surface area contributed by atoms with Gasteiger partial charge in [-0.05, 0) is 43.2 Å². The van der Waals surface area contributed by atoms with Gasteiger partial charge in [0, 0.05) is 31.3 Å². The van der Waals surface area contributed by atoms with Crippen LogP contribution in [0.5, 0.6) is 0 Å². The molecular formula is C24H23N7O4. The first-order valence-corrected chi connectivity index (χ1v) is 11.2. The molecule has 0 radical (unpaired) electrons. The molecule has 3 aromatic rings. The molecule has 1 N–H and O–H groups in total. The molecule has 11 heteroatoms. The van der Waals surface area contributed by atoms with Gasteiger partial charge < -0.3 is 9.80 Å². The summed E-state index contributed by atoms with van der Waals surface area (Å²) in [5, 5.41) is 10.4. The molecule has 0 aliphatic carbocycles. The normalized spacial score (nSPS) is 17.4. The number of aryl methyl sites for hydroxylation is 1. The summed E-state index contributed by atoms with van der Waals surface area (Å²) >= 11 is 0. The molecule has 178 valence electrons. The molecule has 2 aliphatic heterocycles. The van der Waals surface area contributed by atoms with E-state index < -0.39 is 11.9 Å². The zero-order valence-electron chi connectivity index (χ0n) is 19.3. The van der Waals surface area contributed by atoms with Crippen molar-refractivity contribution < 1.29 is 19.2 Å². The molecule has 1 atom stereocenters. The van der Waals surface area contributed by atoms with Gasteiger partial charge in [0.05, 0.1) is 24.1 Å². The molecule has 0 spiro atoms. The molecule has 2 aliphatic rings. The lowest BCUT2D eigenvalue weighted by molar-refractivity contribution is -0.136. The lowest BCUT2D eigenvalue weighted by Crippen LogP contribution is -2.52. The first kappa shape index (κ1) is 22.4. The predicted molar refractivity (Wildman–Crippen MR) is 122 cm³/mol. The highest BCUT2D eigenvalue weighted by molar-refractivity contribution is 6.05. The quantitative estimate of drug-likeness (QED) is 0.547. The van der Waals surface area contributed by atoms with E-state index in [1.165, 1.54) is 20.7 Å². The number of rotatable bonds is 5. The first-order chi connectivity index (χ1) is 16.8. The number of aromatic nitrogens is 4. The Hall–Kier alpha value is -4.41. The number of nitrogens with zero attached hydrogens (tertiary/aromatic N) is 6. The molecule has 1 fully saturated rings. The van der Waals surface area contributed by atoms with Crippen LogP contribution in [0.15, 0.2) is 42.6 Å². The van der Waals surface area contributed by atoms with E-state index in [-0.39, 0.29) is 29.8 Å². The van der Waals surface area contributed by atoms with Crippen LogP contribution in [0.1, 0.15) is 50.6 Å². The minimum absolute atomic E-state index is 0.164. The zero-order chi connectivity index (χ0) is 24.7. The second-order valence-corrected chi connectivity index (χ2v) is 8.72. The molecule has 35 heavy (non-hydrogen) atoms. The fourth-order valence-electron chi connectivity index (χ4n) is 4.37. The second kappa shape index (κ2) is 8.75. The summed E-state index contributed by atoms with van der Waals surface area (Å²) in [7, 11) is 1.67. The molecule has 11 nitrogen and oxygen atoms in total. The van der Waals surface area contributed by atoms with Crippen LogP contribution in [0.25, 0.3) is 5.69 Å². The Balaban J connectivity index is 1.31. The van der Waals surface area contributed by atoms with E-state index in [0.717, 1.165) is 17.0 Å². The van der Waals surface area contributed by atoms with Crippen molar-refractivity contribution in [3.8, 4) is 5.69 Å². The average Bonchev–Trinajstić information content (AvgIpc) is 3.44. The van der Waals surface area contributed by atoms with Gasteiger partial charge in [-0.1, -0.05) is 17.3 Å². The molecule has 5 rings (SSSR count). The van der Waals surface area contributed by atoms with Crippen LogP contribution in [0, 0.1) is 6.92 Å². The number of benzene rings is 1. The van der Waals surface area contributed by atoms with E-state index in [0.29, 0.717) is 30.8 Å². The Morgan fingerprint density at radius 2 is 2.03 bits per heavy atom. The summed E-state index contributed by atoms with van der Waals surface area (Å²) in [5.41, 5.74) is 3.61. The Bertz CT molecular complexity index is 1370. The number of fused-ring (bicyclic) bond motifs is 1. The Labute approximate surface area is 200 Å². The summed E-state index contributed by atoms with van der Waals surface area (Å²) in [6.07, 6.45) is 2.02. The monoisotopic (exact) mass is 473 g/mol. The number of hydrogen-bond acceptors (Lipinski definition) is 7. The van der Waals surface area contributed by atoms with Gasteiger partial charge in [0.1, 0.15) is 6.04 Å². The SMILES string of the molecule is Cc1cccc(CN(C)C(=O)c2cn(-c3ccc4c(c3)C(=O)N(C3CCC(=O)NC3=O)C4)nn2)n1. The number of piperidine rings is 1. The van der Waals surface area contributed by atoms with Crippen molar-refractivity contribution in [3.05, 3.63) is 70.8 Å². The number of imide groups is 1. The minimum Gasteiger partial charge on any atom is -0.334 e. The lowest BCUT2D eigenvalue weighted by Gasteiger charge is -2.29. The Morgan fingerprint density at radius 3 is 2.80 bits per heavy atom. The predicted octanol–water partition coefficient (Wildman–Crippen LogP) is 1.00. The molecule has 0 bridgehead atoms. The molecule has 4 amide bonds. The Kier molecular flexibility index (Phi) is 5.59. The van der Waals surface area contributed by atoms with Crippen molar-refractivity contribution in [2.75, 3.05) is 7.05 Å². The zero-order valence-corrected chi connectivity index (χ0v) is 19.3. The van der Waals surface area contributed by atoms with Crippen molar-refractivity contribution in [2.45, 2.75) is 38.9 Å². The summed E-state index contributed by atoms with van der Waals surface area (Å²) in [4.78, 5) is 57.0. The molecule has 1 aromatic carbocycles. The number of amides is 4. The van der Waals surface area contributed by atoms with Crippen LogP contribution in [0.2, 0.25) is 0 Å². The van der Waals surface area contributed by atoms with Crippen LogP contribution in [0.4, 0.5) is 0 Å². The largest absolute Gasteiger partial charge is 0.334 e. The van der Waals surface area contributed by atoms with E-state index in [2.05, 4.69) is 20.6 Å². The van der Waals surface area contributed by atoms with Crippen molar-refractivity contribution in [1.82, 2.24) is 35.1 Å². The number of carbonyl (C=O) groups excluding carboxylic acids is 4. The van der Waals surface area contributed by atoms with E-state index in [1.807, 2.05) is 25.1 Å². The summed E-state index contributed by atoms with van der Waals surface area (Å²) in [6.45, 7) is 2.51. The minimum atomic E-state index is -0.676. The van der Waals surface area contributed by atoms with Crippen LogP contribution >= 0.6 is 0 Å². The maximum Gasteiger partial charge on any atom is 0.276 e. The molecule has 0 saturated carbocycles. The average molecular weight is 473 g/mol. The van der Waals surface area contributed by atoms with E-state index >= 15 is 0 Å². The molecular weight excluding hydrogens is 450 g/mol. The van der Waals surface area contributed by atoms with Gasteiger partial charge in [0.25, 0.3) is 11.8 Å². The van der Waals surface area contributed by atoms with Gasteiger partial charge in [-0.15, -0.1) is 5.10 Å². The second-order valence-electron chi connectivity index (χ2n) is 8.72. The number of hydrogen-bond donors (Lipinski definition) is 1. The van der Waals surface area contributed by atoms with E-state index in [9.17, 15) is 19.2 Å². The van der Waals surface area contributed by atoms with Crippen molar-refractivity contribution in [2.24, 2.45) is 0 Å². The maximum absolute atomic E-state index is 13.1. The van der Waals surface area contributed by atoms with E-state index in [4.69, 9.17) is 0 Å². The van der Waals surface area contributed by atoms with Crippen LogP contribution in [0.3, 0.4) is 0 Å². The molecule has 4 heterocycles. The standard InChI is InChI=1S/C24H23N7O4/c1-14-4-3-5-16(25-14)12-29(2)24(35)19-13-31(28-27-19)17-7-6-15-11-30(23(34)18(15)10-17)20-8-9-21(32)26-22(20)33/h3-7,10,13,20H,8-9,11-12H2,1-2H3,(H,26,32,33). The molecule has 1 saturated heterocycles. The van der Waals surface area contributed by atoms with Crippen molar-refractivity contribution in [3.63, 3.8) is 0 Å².